The second-order valence-electron chi connectivity index (χ2n) is 12.5. The Morgan fingerprint density at radius 2 is 1.60 bits per heavy atom. The fourth-order valence-electron chi connectivity index (χ4n) is 6.27. The highest BCUT2D eigenvalue weighted by molar-refractivity contribution is 6.84. The van der Waals surface area contributed by atoms with Crippen LogP contribution in [-0.4, -0.2) is 72.6 Å². The van der Waals surface area contributed by atoms with Crippen molar-refractivity contribution in [3.05, 3.63) is 48.5 Å². The van der Waals surface area contributed by atoms with E-state index < -0.39 is 41.7 Å². The van der Waals surface area contributed by atoms with Crippen molar-refractivity contribution in [2.75, 3.05) is 11.9 Å². The van der Waals surface area contributed by atoms with Crippen LogP contribution in [0.5, 0.6) is 0 Å². The van der Waals surface area contributed by atoms with Crippen molar-refractivity contribution < 1.29 is 27.6 Å². The van der Waals surface area contributed by atoms with E-state index in [0.29, 0.717) is 16.7 Å². The summed E-state index contributed by atoms with van der Waals surface area (Å²) < 4.78 is 29.3. The molecule has 1 unspecified atom stereocenters. The first-order chi connectivity index (χ1) is 19.9. The maximum atomic E-state index is 12.8. The number of carbonyl (C=O) groups excluding carboxylic acids is 1. The summed E-state index contributed by atoms with van der Waals surface area (Å²) in [5.41, 5.74) is 1.95. The smallest absolute Gasteiger partial charge is 0.335 e. The summed E-state index contributed by atoms with van der Waals surface area (Å²) in [5.74, 6) is -0.0345. The molecule has 2 saturated heterocycles. The molecule has 3 aromatic rings. The van der Waals surface area contributed by atoms with Gasteiger partial charge in [-0.1, -0.05) is 73.6 Å². The molecule has 0 bridgehead atoms. The number of aliphatic hydroxyl groups excluding tert-OH is 1. The van der Waals surface area contributed by atoms with Gasteiger partial charge >= 0.3 is 17.1 Å². The van der Waals surface area contributed by atoms with E-state index in [9.17, 15) is 9.90 Å². The van der Waals surface area contributed by atoms with Crippen LogP contribution in [-0.2, 0) is 17.7 Å². The summed E-state index contributed by atoms with van der Waals surface area (Å²) in [7, 11) is -5.69. The average Bonchev–Trinajstić information content (AvgIpc) is 3.49. The van der Waals surface area contributed by atoms with Crippen LogP contribution in [0, 0.1) is 0 Å². The molecule has 0 spiro atoms. The number of anilines is 1. The van der Waals surface area contributed by atoms with Crippen LogP contribution in [0.2, 0.25) is 22.2 Å². The zero-order valence-corrected chi connectivity index (χ0v) is 27.6. The van der Waals surface area contributed by atoms with E-state index in [0.717, 1.165) is 0 Å². The normalized spacial score (nSPS) is 25.6. The van der Waals surface area contributed by atoms with E-state index >= 15 is 0 Å². The highest BCUT2D eigenvalue weighted by atomic mass is 28.5. The Hall–Kier alpha value is -2.53. The van der Waals surface area contributed by atoms with Crippen LogP contribution in [0.15, 0.2) is 43.0 Å². The van der Waals surface area contributed by atoms with Crippen molar-refractivity contribution in [2.45, 2.75) is 102 Å². The van der Waals surface area contributed by atoms with Gasteiger partial charge in [-0.25, -0.2) is 15.0 Å². The van der Waals surface area contributed by atoms with E-state index in [1.807, 2.05) is 6.07 Å². The first-order valence-electron chi connectivity index (χ1n) is 14.8. The number of imidazole rings is 1. The lowest BCUT2D eigenvalue weighted by molar-refractivity contribution is -0.0570. The Labute approximate surface area is 249 Å². The van der Waals surface area contributed by atoms with E-state index in [1.165, 1.54) is 6.33 Å². The van der Waals surface area contributed by atoms with Crippen LogP contribution in [0.4, 0.5) is 5.82 Å². The molecule has 0 saturated carbocycles. The molecule has 2 fully saturated rings. The molecule has 0 radical (unpaired) electrons. The van der Waals surface area contributed by atoms with Crippen LogP contribution in [0.1, 0.15) is 72.0 Å². The highest BCUT2D eigenvalue weighted by Crippen LogP contribution is 2.48. The lowest BCUT2D eigenvalue weighted by Gasteiger charge is -2.51. The number of carbonyl (C=O) groups is 1. The largest absolute Gasteiger partial charge is 0.414 e. The van der Waals surface area contributed by atoms with Gasteiger partial charge in [-0.3, -0.25) is 9.36 Å². The van der Waals surface area contributed by atoms with Crippen molar-refractivity contribution in [1.29, 1.82) is 0 Å². The van der Waals surface area contributed by atoms with Gasteiger partial charge in [0, 0.05) is 5.56 Å². The van der Waals surface area contributed by atoms with Gasteiger partial charge in [-0.15, -0.1) is 0 Å². The van der Waals surface area contributed by atoms with Gasteiger partial charge in [0.25, 0.3) is 5.91 Å². The molecule has 42 heavy (non-hydrogen) atoms. The molecule has 11 nitrogen and oxygen atoms in total. The molecule has 1 amide bonds. The van der Waals surface area contributed by atoms with Gasteiger partial charge in [0.2, 0.25) is 0 Å². The monoisotopic (exact) mass is 613 g/mol. The number of fused-ring (bicyclic) bond motifs is 2. The molecular weight excluding hydrogens is 571 g/mol. The van der Waals surface area contributed by atoms with Gasteiger partial charge in [0.15, 0.2) is 23.2 Å². The number of aromatic nitrogens is 4. The van der Waals surface area contributed by atoms with Crippen LogP contribution in [0.25, 0.3) is 11.2 Å². The first kappa shape index (κ1) is 30.9. The number of aliphatic hydroxyl groups is 1. The number of ether oxygens (including phenoxy) is 1. The minimum Gasteiger partial charge on any atom is -0.414 e. The van der Waals surface area contributed by atoms with Crippen molar-refractivity contribution in [3.63, 3.8) is 0 Å². The van der Waals surface area contributed by atoms with Gasteiger partial charge in [0.05, 0.1) is 12.9 Å². The molecule has 2 aliphatic heterocycles. The predicted molar refractivity (Wildman–Crippen MR) is 163 cm³/mol. The van der Waals surface area contributed by atoms with Crippen molar-refractivity contribution in [2.24, 2.45) is 0 Å². The summed E-state index contributed by atoms with van der Waals surface area (Å²) in [6, 6.07) is 8.88. The maximum Gasteiger partial charge on any atom is 0.335 e. The number of rotatable bonds is 7. The summed E-state index contributed by atoms with van der Waals surface area (Å²) in [6.07, 6.45) is -0.125. The molecule has 2 aromatic heterocycles. The van der Waals surface area contributed by atoms with Gasteiger partial charge in [-0.2, -0.15) is 0 Å². The van der Waals surface area contributed by atoms with Crippen LogP contribution < -0.4 is 5.32 Å². The average molecular weight is 614 g/mol. The Balaban J connectivity index is 1.49. The third-order valence-corrected chi connectivity index (χ3v) is 18.8. The quantitative estimate of drug-likeness (QED) is 0.341. The molecule has 228 valence electrons. The molecule has 2 N–H and O–H groups in total. The lowest BCUT2D eigenvalue weighted by atomic mass is 10.1. The third kappa shape index (κ3) is 5.25. The Bertz CT molecular complexity index is 1390. The summed E-state index contributed by atoms with van der Waals surface area (Å²) in [5, 5.41) is 14.6. The Morgan fingerprint density at radius 1 is 0.952 bits per heavy atom. The second-order valence-corrected chi connectivity index (χ2v) is 21.3. The zero-order valence-electron chi connectivity index (χ0n) is 25.6. The maximum absolute atomic E-state index is 12.8. The minimum absolute atomic E-state index is 0.119. The number of hydrogen-bond donors (Lipinski definition) is 2. The third-order valence-electron chi connectivity index (χ3n) is 8.54. The second kappa shape index (κ2) is 11.9. The van der Waals surface area contributed by atoms with E-state index in [4.69, 9.17) is 17.7 Å². The van der Waals surface area contributed by atoms with Gasteiger partial charge < -0.3 is 28.1 Å². The molecule has 0 aliphatic carbocycles. The van der Waals surface area contributed by atoms with Crippen molar-refractivity contribution in [3.8, 4) is 0 Å². The number of hydrogen-bond acceptors (Lipinski definition) is 9. The first-order valence-corrected chi connectivity index (χ1v) is 18.7. The van der Waals surface area contributed by atoms with E-state index in [2.05, 4.69) is 75.7 Å². The fraction of sp³-hybridized carbons (Fsp3) is 0.586. The van der Waals surface area contributed by atoms with Crippen molar-refractivity contribution >= 4 is 40.0 Å². The molecule has 1 aromatic carbocycles. The molecule has 13 heteroatoms. The number of nitrogens with zero attached hydrogens (tertiary/aromatic N) is 4. The van der Waals surface area contributed by atoms with E-state index in [-0.39, 0.29) is 40.5 Å². The summed E-state index contributed by atoms with van der Waals surface area (Å²) in [6.45, 7) is 17.5. The summed E-state index contributed by atoms with van der Waals surface area (Å²) >= 11 is 0. The van der Waals surface area contributed by atoms with Crippen LogP contribution in [0.3, 0.4) is 0 Å². The molecule has 4 atom stereocenters. The molecule has 2 aliphatic rings. The number of nitrogens with one attached hydrogen (secondary N) is 1. The van der Waals surface area contributed by atoms with E-state index in [1.54, 1.807) is 35.2 Å². The zero-order chi connectivity index (χ0) is 30.4. The van der Waals surface area contributed by atoms with Gasteiger partial charge in [-0.05, 0) is 34.3 Å². The predicted octanol–water partition coefficient (Wildman–Crippen LogP) is 5.29. The van der Waals surface area contributed by atoms with Crippen LogP contribution >= 0.6 is 0 Å². The summed E-state index contributed by atoms with van der Waals surface area (Å²) in [4.78, 5) is 26.0. The Kier molecular flexibility index (Phi) is 8.74. The molecular formula is C29H43N5O6Si2. The topological polar surface area (TPSA) is 130 Å². The number of amides is 1. The standard InChI is InChI=1S/C29H43N5O6Si2/c1-17(2)41(18(3)4)37-14-22-25(39-42(40-41,19(5)6)20(7)8)24(35)29(38-22)34-16-32-23-26(30-15-31-27(23)34)33-28(36)21-12-10-9-11-13-21/h9-13,15-20,22,24-25,29,35H,14H2,1-8H3,(H,30,31,33,36)/t22-,24?,25+,29-/m1/s1. The number of benzene rings is 1. The lowest BCUT2D eigenvalue weighted by Crippen LogP contribution is -2.65. The Morgan fingerprint density at radius 3 is 2.21 bits per heavy atom. The minimum atomic E-state index is -2.94. The highest BCUT2D eigenvalue weighted by Gasteiger charge is 2.61. The molecule has 4 heterocycles. The molecule has 5 rings (SSSR count). The van der Waals surface area contributed by atoms with Gasteiger partial charge in [0.1, 0.15) is 24.6 Å². The fourth-order valence-corrected chi connectivity index (χ4v) is 17.5. The van der Waals surface area contributed by atoms with Crippen molar-refractivity contribution in [1.82, 2.24) is 19.5 Å². The SMILES string of the molecule is CC(C)[Si]1(C(C)C)OC[C@H]2O[C@@H](n3cnc4c(NC(=O)c5ccccc5)ncnc43)C(O)[C@H]2O[Si](C(C)C)(C(C)C)O1.